The van der Waals surface area contributed by atoms with Crippen molar-refractivity contribution >= 4 is 44.8 Å². The first-order valence-electron chi connectivity index (χ1n) is 5.81. The summed E-state index contributed by atoms with van der Waals surface area (Å²) in [6.07, 6.45) is -0.580. The SMILES string of the molecule is CC(C)OP(=O)(OC(C)C)c1cc(Br)cc(Br)c1O. The van der Waals surface area contributed by atoms with E-state index >= 15 is 0 Å². The van der Waals surface area contributed by atoms with Crippen LogP contribution in [0, 0.1) is 0 Å². The Morgan fingerprint density at radius 1 is 1.11 bits per heavy atom. The van der Waals surface area contributed by atoms with Gasteiger partial charge < -0.3 is 14.2 Å². The smallest absolute Gasteiger partial charge is 0.365 e. The molecule has 0 radical (unpaired) electrons. The molecule has 7 heteroatoms. The summed E-state index contributed by atoms with van der Waals surface area (Å²) in [5.74, 6) is -0.132. The number of hydrogen-bond donors (Lipinski definition) is 1. The average molecular weight is 416 g/mol. The van der Waals surface area contributed by atoms with Gasteiger partial charge in [-0.1, -0.05) is 15.9 Å². The van der Waals surface area contributed by atoms with Gasteiger partial charge in [-0.25, -0.2) is 0 Å². The molecule has 0 saturated carbocycles. The Morgan fingerprint density at radius 3 is 2.00 bits per heavy atom. The van der Waals surface area contributed by atoms with Crippen LogP contribution in [0.25, 0.3) is 0 Å². The highest BCUT2D eigenvalue weighted by atomic mass is 79.9. The Bertz CT molecular complexity index is 489. The van der Waals surface area contributed by atoms with Crippen LogP contribution in [0.1, 0.15) is 27.7 Å². The van der Waals surface area contributed by atoms with E-state index in [4.69, 9.17) is 9.05 Å². The van der Waals surface area contributed by atoms with Crippen molar-refractivity contribution in [1.82, 2.24) is 0 Å². The Kier molecular flexibility index (Phi) is 6.08. The molecule has 0 atom stereocenters. The Labute approximate surface area is 130 Å². The lowest BCUT2D eigenvalue weighted by atomic mass is 10.3. The van der Waals surface area contributed by atoms with Crippen LogP contribution in [0.3, 0.4) is 0 Å². The Balaban J connectivity index is 3.36. The van der Waals surface area contributed by atoms with E-state index in [0.717, 1.165) is 0 Å². The fourth-order valence-corrected chi connectivity index (χ4v) is 5.07. The molecule has 4 nitrogen and oxygen atoms in total. The zero-order valence-corrected chi connectivity index (χ0v) is 15.3. The van der Waals surface area contributed by atoms with Crippen LogP contribution >= 0.6 is 39.5 Å². The number of phenolic OH excluding ortho intramolecular Hbond substituents is 1. The monoisotopic (exact) mass is 414 g/mol. The maximum Gasteiger partial charge on any atom is 0.365 e. The van der Waals surface area contributed by atoms with E-state index in [1.165, 1.54) is 0 Å². The van der Waals surface area contributed by atoms with Crippen LogP contribution in [0.4, 0.5) is 0 Å². The second-order valence-electron chi connectivity index (χ2n) is 4.56. The molecule has 0 aliphatic heterocycles. The zero-order valence-electron chi connectivity index (χ0n) is 11.2. The standard InChI is InChI=1S/C12H17Br2O4P/c1-7(2)17-19(16,18-8(3)4)11-6-9(13)5-10(14)12(11)15/h5-8,15H,1-4H3. The molecule has 0 heterocycles. The molecule has 1 rings (SSSR count). The van der Waals surface area contributed by atoms with Crippen LogP contribution in [-0.4, -0.2) is 17.3 Å². The maximum absolute atomic E-state index is 12.9. The van der Waals surface area contributed by atoms with E-state index in [1.54, 1.807) is 39.8 Å². The summed E-state index contributed by atoms with van der Waals surface area (Å²) in [7, 11) is -3.59. The summed E-state index contributed by atoms with van der Waals surface area (Å²) < 4.78 is 24.9. The molecule has 1 aromatic carbocycles. The first kappa shape index (κ1) is 17.2. The normalized spacial score (nSPS) is 12.4. The van der Waals surface area contributed by atoms with Gasteiger partial charge in [-0.05, 0) is 55.8 Å². The third-order valence-corrected chi connectivity index (χ3v) is 5.39. The van der Waals surface area contributed by atoms with E-state index < -0.39 is 7.60 Å². The van der Waals surface area contributed by atoms with Gasteiger partial charge in [0.2, 0.25) is 0 Å². The van der Waals surface area contributed by atoms with Crippen LogP contribution in [-0.2, 0) is 13.6 Å². The highest BCUT2D eigenvalue weighted by Crippen LogP contribution is 2.52. The number of hydrogen-bond acceptors (Lipinski definition) is 4. The first-order chi connectivity index (χ1) is 8.65. The van der Waals surface area contributed by atoms with Crippen molar-refractivity contribution < 1.29 is 18.7 Å². The minimum Gasteiger partial charge on any atom is -0.506 e. The Hall–Kier alpha value is 0.130. The van der Waals surface area contributed by atoms with Crippen molar-refractivity contribution in [1.29, 1.82) is 0 Å². The molecule has 0 unspecified atom stereocenters. The lowest BCUT2D eigenvalue weighted by Gasteiger charge is -2.24. The van der Waals surface area contributed by atoms with Crippen molar-refractivity contribution in [3.05, 3.63) is 21.1 Å². The van der Waals surface area contributed by atoms with Crippen LogP contribution in [0.2, 0.25) is 0 Å². The molecule has 0 fully saturated rings. The van der Waals surface area contributed by atoms with E-state index in [1.807, 2.05) is 0 Å². The second-order valence-corrected chi connectivity index (χ2v) is 8.23. The van der Waals surface area contributed by atoms with Crippen molar-refractivity contribution in [2.24, 2.45) is 0 Å². The van der Waals surface area contributed by atoms with Crippen LogP contribution in [0.5, 0.6) is 5.75 Å². The van der Waals surface area contributed by atoms with Crippen LogP contribution < -0.4 is 5.30 Å². The predicted molar refractivity (Wildman–Crippen MR) is 83.2 cm³/mol. The van der Waals surface area contributed by atoms with E-state index in [0.29, 0.717) is 8.95 Å². The van der Waals surface area contributed by atoms with Crippen molar-refractivity contribution in [3.8, 4) is 5.75 Å². The van der Waals surface area contributed by atoms with Gasteiger partial charge in [-0.15, -0.1) is 0 Å². The molecule has 0 aromatic heterocycles. The molecule has 0 aliphatic rings. The van der Waals surface area contributed by atoms with E-state index in [-0.39, 0.29) is 23.3 Å². The van der Waals surface area contributed by atoms with Gasteiger partial charge >= 0.3 is 7.60 Å². The van der Waals surface area contributed by atoms with Gasteiger partial charge in [-0.2, -0.15) is 0 Å². The van der Waals surface area contributed by atoms with Gasteiger partial charge in [-0.3, -0.25) is 4.57 Å². The summed E-state index contributed by atoms with van der Waals surface area (Å²) >= 11 is 6.51. The average Bonchev–Trinajstić information content (AvgIpc) is 2.20. The molecule has 0 spiro atoms. The fourth-order valence-electron chi connectivity index (χ4n) is 1.45. The quantitative estimate of drug-likeness (QED) is 0.714. The van der Waals surface area contributed by atoms with E-state index in [9.17, 15) is 9.67 Å². The molecule has 1 N–H and O–H groups in total. The molecule has 0 saturated heterocycles. The van der Waals surface area contributed by atoms with Gasteiger partial charge in [0, 0.05) is 4.47 Å². The lowest BCUT2D eigenvalue weighted by Crippen LogP contribution is -2.17. The fraction of sp³-hybridized carbons (Fsp3) is 0.500. The molecular weight excluding hydrogens is 399 g/mol. The molecule has 1 aromatic rings. The molecular formula is C12H17Br2O4P. The molecule has 0 bridgehead atoms. The van der Waals surface area contributed by atoms with Crippen molar-refractivity contribution in [3.63, 3.8) is 0 Å². The first-order valence-corrected chi connectivity index (χ1v) is 8.94. The Morgan fingerprint density at radius 2 is 1.58 bits per heavy atom. The minimum atomic E-state index is -3.59. The summed E-state index contributed by atoms with van der Waals surface area (Å²) in [6.45, 7) is 7.06. The number of halogens is 2. The summed E-state index contributed by atoms with van der Waals surface area (Å²) in [5.41, 5.74) is 0. The number of rotatable bonds is 5. The summed E-state index contributed by atoms with van der Waals surface area (Å²) in [5, 5.41) is 10.2. The topological polar surface area (TPSA) is 55.8 Å². The largest absolute Gasteiger partial charge is 0.506 e. The molecule has 19 heavy (non-hydrogen) atoms. The third kappa shape index (κ3) is 4.57. The molecule has 108 valence electrons. The van der Waals surface area contributed by atoms with Crippen molar-refractivity contribution in [2.75, 3.05) is 0 Å². The minimum absolute atomic E-state index is 0.132. The zero-order chi connectivity index (χ0) is 14.8. The highest BCUT2D eigenvalue weighted by molar-refractivity contribution is 9.11. The van der Waals surface area contributed by atoms with Gasteiger partial charge in [0.15, 0.2) is 0 Å². The third-order valence-electron chi connectivity index (χ3n) is 2.00. The highest BCUT2D eigenvalue weighted by Gasteiger charge is 2.34. The lowest BCUT2D eigenvalue weighted by molar-refractivity contribution is 0.150. The number of phenols is 1. The maximum atomic E-state index is 12.9. The molecule has 0 amide bonds. The van der Waals surface area contributed by atoms with Crippen molar-refractivity contribution in [2.45, 2.75) is 39.9 Å². The summed E-state index contributed by atoms with van der Waals surface area (Å²) in [6, 6.07) is 3.21. The summed E-state index contributed by atoms with van der Waals surface area (Å²) in [4.78, 5) is 0. The molecule has 0 aliphatic carbocycles. The van der Waals surface area contributed by atoms with Gasteiger partial charge in [0.05, 0.1) is 16.7 Å². The number of aromatic hydroxyl groups is 1. The second kappa shape index (κ2) is 6.72. The van der Waals surface area contributed by atoms with Gasteiger partial charge in [0.25, 0.3) is 0 Å². The number of benzene rings is 1. The van der Waals surface area contributed by atoms with Gasteiger partial charge in [0.1, 0.15) is 11.1 Å². The van der Waals surface area contributed by atoms with Crippen LogP contribution in [0.15, 0.2) is 21.1 Å². The van der Waals surface area contributed by atoms with E-state index in [2.05, 4.69) is 31.9 Å². The predicted octanol–water partition coefficient (Wildman–Crippen LogP) is 4.59.